The number of carbonyl (C=O) groups is 1. The summed E-state index contributed by atoms with van der Waals surface area (Å²) in [5, 5.41) is 2.77. The zero-order valence-corrected chi connectivity index (χ0v) is 8.72. The third-order valence-electron chi connectivity index (χ3n) is 2.22. The summed E-state index contributed by atoms with van der Waals surface area (Å²) in [6, 6.07) is 0.301. The zero-order chi connectivity index (χ0) is 9.72. The quantitative estimate of drug-likeness (QED) is 0.690. The maximum absolute atomic E-state index is 11.3. The molecule has 1 N–H and O–H groups in total. The molecule has 0 aliphatic heterocycles. The number of nitrogens with zero attached hydrogens (tertiary/aromatic N) is 1. The molecule has 0 saturated carbocycles. The van der Waals surface area contributed by atoms with Gasteiger partial charge < -0.3 is 10.2 Å². The Hall–Kier alpha value is -0.730. The Balaban J connectivity index is 4.00. The highest BCUT2D eigenvalue weighted by Crippen LogP contribution is 2.07. The van der Waals surface area contributed by atoms with Crippen molar-refractivity contribution in [2.24, 2.45) is 5.92 Å². The Labute approximate surface area is 75.1 Å². The van der Waals surface area contributed by atoms with E-state index >= 15 is 0 Å². The molecule has 72 valence electrons. The second kappa shape index (κ2) is 5.01. The normalized spacial score (nSPS) is 12.8. The van der Waals surface area contributed by atoms with Gasteiger partial charge in [-0.15, -0.1) is 0 Å². The maximum atomic E-state index is 11.3. The van der Waals surface area contributed by atoms with Gasteiger partial charge in [-0.25, -0.2) is 4.79 Å². The van der Waals surface area contributed by atoms with Crippen molar-refractivity contribution in [1.82, 2.24) is 10.2 Å². The highest BCUT2D eigenvalue weighted by Gasteiger charge is 2.17. The van der Waals surface area contributed by atoms with E-state index in [1.807, 2.05) is 14.0 Å². The second-order valence-electron chi connectivity index (χ2n) is 3.43. The van der Waals surface area contributed by atoms with Crippen LogP contribution >= 0.6 is 0 Å². The number of carbonyl (C=O) groups excluding carboxylic acids is 1. The van der Waals surface area contributed by atoms with Gasteiger partial charge in [-0.2, -0.15) is 0 Å². The molecule has 3 heteroatoms. The Morgan fingerprint density at radius 1 is 1.42 bits per heavy atom. The Bertz CT molecular complexity index is 145. The van der Waals surface area contributed by atoms with Gasteiger partial charge in [0.15, 0.2) is 0 Å². The lowest BCUT2D eigenvalue weighted by molar-refractivity contribution is 0.180. The SMILES string of the molecule is CCNC(=O)N(C)C(C)C(C)C. The summed E-state index contributed by atoms with van der Waals surface area (Å²) in [7, 11) is 1.83. The third-order valence-corrected chi connectivity index (χ3v) is 2.22. The predicted octanol–water partition coefficient (Wildman–Crippen LogP) is 1.69. The minimum Gasteiger partial charge on any atom is -0.338 e. The fraction of sp³-hybridized carbons (Fsp3) is 0.889. The van der Waals surface area contributed by atoms with Crippen LogP contribution in [0.3, 0.4) is 0 Å². The van der Waals surface area contributed by atoms with Crippen LogP contribution in [0.4, 0.5) is 4.79 Å². The Morgan fingerprint density at radius 2 is 1.92 bits per heavy atom. The van der Waals surface area contributed by atoms with Crippen LogP contribution in [0.1, 0.15) is 27.7 Å². The van der Waals surface area contributed by atoms with Gasteiger partial charge in [0.1, 0.15) is 0 Å². The van der Waals surface area contributed by atoms with Crippen LogP contribution in [0.2, 0.25) is 0 Å². The van der Waals surface area contributed by atoms with Crippen molar-refractivity contribution in [2.45, 2.75) is 33.7 Å². The summed E-state index contributed by atoms with van der Waals surface area (Å²) in [4.78, 5) is 13.0. The molecule has 1 unspecified atom stereocenters. The lowest BCUT2D eigenvalue weighted by Gasteiger charge is -2.27. The number of nitrogens with one attached hydrogen (secondary N) is 1. The average molecular weight is 172 g/mol. The minimum absolute atomic E-state index is 0.0127. The van der Waals surface area contributed by atoms with Crippen LogP contribution in [0.25, 0.3) is 0 Å². The summed E-state index contributed by atoms with van der Waals surface area (Å²) in [6.45, 7) is 8.89. The second-order valence-corrected chi connectivity index (χ2v) is 3.43. The Kier molecular flexibility index (Phi) is 4.71. The van der Waals surface area contributed by atoms with Gasteiger partial charge in [-0.1, -0.05) is 13.8 Å². The first-order valence-electron chi connectivity index (χ1n) is 4.51. The fourth-order valence-electron chi connectivity index (χ4n) is 0.908. The van der Waals surface area contributed by atoms with Gasteiger partial charge in [0, 0.05) is 19.6 Å². The first-order chi connectivity index (χ1) is 5.50. The van der Waals surface area contributed by atoms with Crippen LogP contribution in [-0.4, -0.2) is 30.6 Å². The average Bonchev–Trinajstić information content (AvgIpc) is 2.02. The first-order valence-corrected chi connectivity index (χ1v) is 4.51. The van der Waals surface area contributed by atoms with E-state index in [1.54, 1.807) is 4.90 Å². The molecule has 0 spiro atoms. The summed E-state index contributed by atoms with van der Waals surface area (Å²) >= 11 is 0. The highest BCUT2D eigenvalue weighted by molar-refractivity contribution is 5.74. The van der Waals surface area contributed by atoms with Crippen LogP contribution in [-0.2, 0) is 0 Å². The topological polar surface area (TPSA) is 32.3 Å². The first kappa shape index (κ1) is 11.3. The molecule has 0 rings (SSSR count). The van der Waals surface area contributed by atoms with E-state index in [9.17, 15) is 4.79 Å². The summed E-state index contributed by atoms with van der Waals surface area (Å²) < 4.78 is 0. The summed E-state index contributed by atoms with van der Waals surface area (Å²) in [5.74, 6) is 0.498. The van der Waals surface area contributed by atoms with Gasteiger partial charge in [0.25, 0.3) is 0 Å². The number of rotatable bonds is 3. The number of amides is 2. The highest BCUT2D eigenvalue weighted by atomic mass is 16.2. The molecule has 0 heterocycles. The number of urea groups is 1. The van der Waals surface area contributed by atoms with E-state index in [1.165, 1.54) is 0 Å². The fourth-order valence-corrected chi connectivity index (χ4v) is 0.908. The molecule has 0 aromatic carbocycles. The monoisotopic (exact) mass is 172 g/mol. The standard InChI is InChI=1S/C9H20N2O/c1-6-10-9(12)11(5)8(4)7(2)3/h7-8H,6H2,1-5H3,(H,10,12). The molecule has 0 saturated heterocycles. The summed E-state index contributed by atoms with van der Waals surface area (Å²) in [5.41, 5.74) is 0. The van der Waals surface area contributed by atoms with Gasteiger partial charge in [-0.05, 0) is 19.8 Å². The molecular weight excluding hydrogens is 152 g/mol. The molecule has 0 bridgehead atoms. The molecule has 3 nitrogen and oxygen atoms in total. The van der Waals surface area contributed by atoms with Crippen molar-refractivity contribution < 1.29 is 4.79 Å². The molecule has 2 amide bonds. The van der Waals surface area contributed by atoms with E-state index in [2.05, 4.69) is 26.1 Å². The van der Waals surface area contributed by atoms with Gasteiger partial charge in [0.2, 0.25) is 0 Å². The minimum atomic E-state index is 0.0127. The molecule has 0 fully saturated rings. The van der Waals surface area contributed by atoms with Crippen LogP contribution in [0.15, 0.2) is 0 Å². The third kappa shape index (κ3) is 3.11. The summed E-state index contributed by atoms with van der Waals surface area (Å²) in [6.07, 6.45) is 0. The van der Waals surface area contributed by atoms with Crippen molar-refractivity contribution >= 4 is 6.03 Å². The van der Waals surface area contributed by atoms with E-state index in [0.29, 0.717) is 12.5 Å². The number of hydrogen-bond donors (Lipinski definition) is 1. The number of hydrogen-bond acceptors (Lipinski definition) is 1. The zero-order valence-electron chi connectivity index (χ0n) is 8.72. The van der Waals surface area contributed by atoms with Gasteiger partial charge >= 0.3 is 6.03 Å². The van der Waals surface area contributed by atoms with Crippen LogP contribution in [0, 0.1) is 5.92 Å². The molecule has 0 aliphatic carbocycles. The molecule has 0 aromatic heterocycles. The van der Waals surface area contributed by atoms with Crippen molar-refractivity contribution in [2.75, 3.05) is 13.6 Å². The lowest BCUT2D eigenvalue weighted by atomic mass is 10.1. The molecule has 12 heavy (non-hydrogen) atoms. The molecule has 0 aromatic rings. The molecule has 1 atom stereocenters. The molecular formula is C9H20N2O. The Morgan fingerprint density at radius 3 is 2.25 bits per heavy atom. The largest absolute Gasteiger partial charge is 0.338 e. The molecule has 0 aliphatic rings. The smallest absolute Gasteiger partial charge is 0.317 e. The van der Waals surface area contributed by atoms with E-state index in [0.717, 1.165) is 0 Å². The molecule has 0 radical (unpaired) electrons. The van der Waals surface area contributed by atoms with Crippen molar-refractivity contribution in [3.63, 3.8) is 0 Å². The predicted molar refractivity (Wildman–Crippen MR) is 51.1 cm³/mol. The van der Waals surface area contributed by atoms with Crippen molar-refractivity contribution in [3.8, 4) is 0 Å². The van der Waals surface area contributed by atoms with Gasteiger partial charge in [0.05, 0.1) is 0 Å². The van der Waals surface area contributed by atoms with Crippen molar-refractivity contribution in [1.29, 1.82) is 0 Å². The van der Waals surface area contributed by atoms with Crippen LogP contribution in [0.5, 0.6) is 0 Å². The van der Waals surface area contributed by atoms with Crippen molar-refractivity contribution in [3.05, 3.63) is 0 Å². The lowest BCUT2D eigenvalue weighted by Crippen LogP contribution is -2.44. The van der Waals surface area contributed by atoms with Gasteiger partial charge in [-0.3, -0.25) is 0 Å². The van der Waals surface area contributed by atoms with Crippen LogP contribution < -0.4 is 5.32 Å². The van der Waals surface area contributed by atoms with E-state index in [4.69, 9.17) is 0 Å². The van der Waals surface area contributed by atoms with E-state index in [-0.39, 0.29) is 12.1 Å². The van der Waals surface area contributed by atoms with E-state index < -0.39 is 0 Å². The maximum Gasteiger partial charge on any atom is 0.317 e.